The summed E-state index contributed by atoms with van der Waals surface area (Å²) in [5.74, 6) is 0.532. The van der Waals surface area contributed by atoms with Crippen LogP contribution < -0.4 is 0 Å². The Balaban J connectivity index is 2.51. The molecule has 0 bridgehead atoms. The zero-order valence-electron chi connectivity index (χ0n) is 6.26. The average Bonchev–Trinajstić information content (AvgIpc) is 2.46. The van der Waals surface area contributed by atoms with Gasteiger partial charge in [-0.25, -0.2) is 4.79 Å². The van der Waals surface area contributed by atoms with Crippen molar-refractivity contribution in [2.24, 2.45) is 0 Å². The highest BCUT2D eigenvalue weighted by atomic mass is 16.5. The molecule has 0 saturated heterocycles. The number of fused-ring (bicyclic) bond motifs is 1. The molecule has 0 radical (unpaired) electrons. The Morgan fingerprint density at radius 1 is 1.55 bits per heavy atom. The Hall–Kier alpha value is -1.31. The first-order chi connectivity index (χ1) is 5.33. The first-order valence-corrected chi connectivity index (χ1v) is 3.67. The highest BCUT2D eigenvalue weighted by Crippen LogP contribution is 2.32. The van der Waals surface area contributed by atoms with Crippen molar-refractivity contribution >= 4 is 5.97 Å². The normalized spacial score (nSPS) is 20.5. The van der Waals surface area contributed by atoms with Crippen molar-refractivity contribution in [3.8, 4) is 0 Å². The maximum absolute atomic E-state index is 11.1. The molecule has 0 N–H and O–H groups in total. The quantitative estimate of drug-likeness (QED) is 0.529. The van der Waals surface area contributed by atoms with Gasteiger partial charge >= 0.3 is 5.97 Å². The third-order valence-corrected chi connectivity index (χ3v) is 1.90. The predicted molar refractivity (Wildman–Crippen MR) is 40.6 cm³/mol. The summed E-state index contributed by atoms with van der Waals surface area (Å²) in [6.45, 7) is 1.96. The van der Waals surface area contributed by atoms with Crippen molar-refractivity contribution in [3.63, 3.8) is 0 Å². The molecule has 56 valence electrons. The van der Waals surface area contributed by atoms with Crippen molar-refractivity contribution in [2.75, 3.05) is 0 Å². The molecule has 1 aliphatic heterocycles. The van der Waals surface area contributed by atoms with E-state index in [0.717, 1.165) is 17.6 Å². The lowest BCUT2D eigenvalue weighted by atomic mass is 10.1. The van der Waals surface area contributed by atoms with Gasteiger partial charge in [0.1, 0.15) is 5.76 Å². The molecule has 0 aromatic carbocycles. The molecule has 1 heterocycles. The van der Waals surface area contributed by atoms with E-state index in [4.69, 9.17) is 4.74 Å². The fraction of sp³-hybridized carbons (Fsp3) is 0.222. The summed E-state index contributed by atoms with van der Waals surface area (Å²) in [5, 5.41) is 0. The Bertz CT molecular complexity index is 306. The molecule has 0 atom stereocenters. The van der Waals surface area contributed by atoms with E-state index in [1.165, 1.54) is 0 Å². The number of rotatable bonds is 1. The molecule has 2 heteroatoms. The van der Waals surface area contributed by atoms with E-state index in [1.54, 1.807) is 0 Å². The van der Waals surface area contributed by atoms with Crippen LogP contribution >= 0.6 is 0 Å². The lowest BCUT2D eigenvalue weighted by Gasteiger charge is -1.91. The maximum Gasteiger partial charge on any atom is 0.340 e. The Kier molecular flexibility index (Phi) is 1.22. The van der Waals surface area contributed by atoms with E-state index >= 15 is 0 Å². The van der Waals surface area contributed by atoms with Crippen molar-refractivity contribution in [1.82, 2.24) is 0 Å². The van der Waals surface area contributed by atoms with Crippen LogP contribution in [0.4, 0.5) is 0 Å². The topological polar surface area (TPSA) is 26.3 Å². The van der Waals surface area contributed by atoms with E-state index in [9.17, 15) is 4.79 Å². The third-order valence-electron chi connectivity index (χ3n) is 1.90. The van der Waals surface area contributed by atoms with Crippen LogP contribution in [0.3, 0.4) is 0 Å². The van der Waals surface area contributed by atoms with Crippen LogP contribution in [0.1, 0.15) is 13.3 Å². The average molecular weight is 148 g/mol. The van der Waals surface area contributed by atoms with Crippen LogP contribution in [0.2, 0.25) is 0 Å². The number of hydrogen-bond acceptors (Lipinski definition) is 2. The van der Waals surface area contributed by atoms with Crippen LogP contribution in [0, 0.1) is 0 Å². The van der Waals surface area contributed by atoms with Gasteiger partial charge < -0.3 is 4.74 Å². The molecule has 0 spiro atoms. The van der Waals surface area contributed by atoms with Gasteiger partial charge in [0.05, 0.1) is 0 Å². The van der Waals surface area contributed by atoms with Crippen molar-refractivity contribution < 1.29 is 9.53 Å². The number of carbonyl (C=O) groups excluding carboxylic acids is 1. The molecule has 0 unspecified atom stereocenters. The molecule has 2 nitrogen and oxygen atoms in total. The molecule has 11 heavy (non-hydrogen) atoms. The number of esters is 1. The minimum atomic E-state index is -0.182. The Morgan fingerprint density at radius 2 is 2.36 bits per heavy atom. The monoisotopic (exact) mass is 148 g/mol. The molecule has 0 fully saturated rings. The summed E-state index contributed by atoms with van der Waals surface area (Å²) in [5.41, 5.74) is 1.77. The van der Waals surface area contributed by atoms with E-state index < -0.39 is 0 Å². The lowest BCUT2D eigenvalue weighted by Crippen LogP contribution is -1.97. The minimum absolute atomic E-state index is 0.182. The highest BCUT2D eigenvalue weighted by molar-refractivity contribution is 5.96. The number of hydrogen-bond donors (Lipinski definition) is 0. The predicted octanol–water partition coefficient (Wildman–Crippen LogP) is 1.70. The maximum atomic E-state index is 11.1. The summed E-state index contributed by atoms with van der Waals surface area (Å²) < 4.78 is 4.97. The zero-order valence-corrected chi connectivity index (χ0v) is 6.26. The van der Waals surface area contributed by atoms with Gasteiger partial charge in [-0.15, -0.1) is 0 Å². The fourth-order valence-electron chi connectivity index (χ4n) is 1.35. The second-order valence-electron chi connectivity index (χ2n) is 2.53. The number of carbonyl (C=O) groups is 1. The van der Waals surface area contributed by atoms with Gasteiger partial charge in [0, 0.05) is 11.1 Å². The van der Waals surface area contributed by atoms with Crippen LogP contribution in [-0.4, -0.2) is 5.97 Å². The van der Waals surface area contributed by atoms with E-state index in [0.29, 0.717) is 5.76 Å². The van der Waals surface area contributed by atoms with Crippen LogP contribution in [0.15, 0.2) is 35.1 Å². The van der Waals surface area contributed by atoms with Gasteiger partial charge in [-0.05, 0) is 12.5 Å². The summed E-state index contributed by atoms with van der Waals surface area (Å²) in [6.07, 6.45) is 6.37. The molecule has 0 aromatic heterocycles. The molecule has 1 aliphatic carbocycles. The molecule has 0 aromatic rings. The van der Waals surface area contributed by atoms with Gasteiger partial charge in [0.2, 0.25) is 0 Å². The second kappa shape index (κ2) is 2.09. The molecular weight excluding hydrogens is 140 g/mol. The lowest BCUT2D eigenvalue weighted by molar-refractivity contribution is -0.133. The molecule has 2 rings (SSSR count). The number of allylic oxidation sites excluding steroid dienone is 3. The zero-order chi connectivity index (χ0) is 7.84. The van der Waals surface area contributed by atoms with Gasteiger partial charge in [0.25, 0.3) is 0 Å². The molecule has 0 amide bonds. The Morgan fingerprint density at radius 3 is 3.09 bits per heavy atom. The van der Waals surface area contributed by atoms with Gasteiger partial charge in [-0.3, -0.25) is 0 Å². The third kappa shape index (κ3) is 0.755. The SMILES string of the molecule is CCC1=C2C=CC=C2OC1=O. The molecule has 0 saturated carbocycles. The van der Waals surface area contributed by atoms with Crippen LogP contribution in [-0.2, 0) is 9.53 Å². The summed E-state index contributed by atoms with van der Waals surface area (Å²) in [7, 11) is 0. The van der Waals surface area contributed by atoms with E-state index in [1.807, 2.05) is 25.2 Å². The van der Waals surface area contributed by atoms with E-state index in [2.05, 4.69) is 0 Å². The van der Waals surface area contributed by atoms with Crippen LogP contribution in [0.5, 0.6) is 0 Å². The van der Waals surface area contributed by atoms with Crippen molar-refractivity contribution in [2.45, 2.75) is 13.3 Å². The van der Waals surface area contributed by atoms with Gasteiger partial charge in [0.15, 0.2) is 0 Å². The summed E-state index contributed by atoms with van der Waals surface area (Å²) in [4.78, 5) is 11.1. The summed E-state index contributed by atoms with van der Waals surface area (Å²) >= 11 is 0. The van der Waals surface area contributed by atoms with Gasteiger partial charge in [-0.2, -0.15) is 0 Å². The smallest absolute Gasteiger partial charge is 0.340 e. The largest absolute Gasteiger partial charge is 0.422 e. The second-order valence-corrected chi connectivity index (χ2v) is 2.53. The van der Waals surface area contributed by atoms with Crippen molar-refractivity contribution in [3.05, 3.63) is 35.1 Å². The number of ether oxygens (including phenoxy) is 1. The first kappa shape index (κ1) is 6.40. The van der Waals surface area contributed by atoms with Gasteiger partial charge in [-0.1, -0.05) is 19.1 Å². The molecule has 2 aliphatic rings. The summed E-state index contributed by atoms with van der Waals surface area (Å²) in [6, 6.07) is 0. The fourth-order valence-corrected chi connectivity index (χ4v) is 1.35. The van der Waals surface area contributed by atoms with Crippen LogP contribution in [0.25, 0.3) is 0 Å². The van der Waals surface area contributed by atoms with Crippen molar-refractivity contribution in [1.29, 1.82) is 0 Å². The Labute approximate surface area is 64.9 Å². The highest BCUT2D eigenvalue weighted by Gasteiger charge is 2.27. The van der Waals surface area contributed by atoms with E-state index in [-0.39, 0.29) is 5.97 Å². The molecular formula is C9H8O2. The minimum Gasteiger partial charge on any atom is -0.422 e. The standard InChI is InChI=1S/C9H8O2/c1-2-6-7-4-3-5-8(7)11-9(6)10/h3-5H,2H2,1H3. The first-order valence-electron chi connectivity index (χ1n) is 3.67.